The molecular formula is C24H32ClN3O3S. The van der Waals surface area contributed by atoms with Gasteiger partial charge in [-0.3, -0.25) is 9.69 Å². The van der Waals surface area contributed by atoms with E-state index in [0.717, 1.165) is 29.9 Å². The van der Waals surface area contributed by atoms with Crippen molar-refractivity contribution in [3.63, 3.8) is 0 Å². The van der Waals surface area contributed by atoms with E-state index in [1.807, 2.05) is 0 Å². The Morgan fingerprint density at radius 3 is 2.16 bits per heavy atom. The Hall–Kier alpha value is -2.35. The number of thiazole rings is 1. The second kappa shape index (κ2) is 11.5. The van der Waals surface area contributed by atoms with E-state index in [4.69, 9.17) is 14.5 Å². The molecule has 0 fully saturated rings. The summed E-state index contributed by atoms with van der Waals surface area (Å²) in [5.74, 6) is 1.06. The van der Waals surface area contributed by atoms with Gasteiger partial charge in [0.1, 0.15) is 11.5 Å². The first-order valence-electron chi connectivity index (χ1n) is 10.5. The van der Waals surface area contributed by atoms with Gasteiger partial charge in [0.05, 0.1) is 24.4 Å². The van der Waals surface area contributed by atoms with Crippen LogP contribution in [-0.2, 0) is 0 Å². The molecule has 0 radical (unpaired) electrons. The number of halogens is 1. The number of ether oxygens (including phenoxy) is 2. The Morgan fingerprint density at radius 2 is 1.59 bits per heavy atom. The van der Waals surface area contributed by atoms with Gasteiger partial charge in [-0.1, -0.05) is 31.3 Å². The number of aryl methyl sites for hydroxylation is 2. The van der Waals surface area contributed by atoms with Gasteiger partial charge >= 0.3 is 0 Å². The monoisotopic (exact) mass is 477 g/mol. The number of benzene rings is 2. The number of amides is 1. The van der Waals surface area contributed by atoms with Gasteiger partial charge in [-0.2, -0.15) is 0 Å². The minimum atomic E-state index is -0.113. The van der Waals surface area contributed by atoms with Crippen LogP contribution in [0.25, 0.3) is 10.2 Å². The molecule has 174 valence electrons. The summed E-state index contributed by atoms with van der Waals surface area (Å²) in [5.41, 5.74) is 3.79. The van der Waals surface area contributed by atoms with E-state index in [-0.39, 0.29) is 18.3 Å². The molecule has 3 rings (SSSR count). The van der Waals surface area contributed by atoms with Crippen LogP contribution >= 0.6 is 23.7 Å². The van der Waals surface area contributed by atoms with E-state index < -0.39 is 0 Å². The molecule has 32 heavy (non-hydrogen) atoms. The quantitative estimate of drug-likeness (QED) is 0.416. The van der Waals surface area contributed by atoms with Crippen molar-refractivity contribution in [2.45, 2.75) is 27.7 Å². The summed E-state index contributed by atoms with van der Waals surface area (Å²) in [6.07, 6.45) is 0. The van der Waals surface area contributed by atoms with Gasteiger partial charge in [-0.25, -0.2) is 4.98 Å². The fraction of sp³-hybridized carbons (Fsp3) is 0.417. The SMILES string of the molecule is CCN(CC)CCN(C(=O)c1cc(OC)cc(OC)c1)c1nc2cc(C)cc(C)c2s1.Cl. The van der Waals surface area contributed by atoms with Crippen LogP contribution in [0, 0.1) is 13.8 Å². The van der Waals surface area contributed by atoms with Gasteiger partial charge in [0.15, 0.2) is 5.13 Å². The van der Waals surface area contributed by atoms with Gasteiger partial charge in [0.2, 0.25) is 0 Å². The van der Waals surface area contributed by atoms with Crippen LogP contribution in [0.4, 0.5) is 5.13 Å². The topological polar surface area (TPSA) is 54.9 Å². The zero-order chi connectivity index (χ0) is 22.5. The highest BCUT2D eigenvalue weighted by atomic mass is 35.5. The largest absolute Gasteiger partial charge is 0.497 e. The summed E-state index contributed by atoms with van der Waals surface area (Å²) in [5, 5.41) is 0.711. The van der Waals surface area contributed by atoms with Crippen molar-refractivity contribution < 1.29 is 14.3 Å². The fourth-order valence-corrected chi connectivity index (χ4v) is 4.67. The maximum atomic E-state index is 13.7. The minimum absolute atomic E-state index is 0. The van der Waals surface area contributed by atoms with E-state index in [9.17, 15) is 4.79 Å². The van der Waals surface area contributed by atoms with Crippen LogP contribution in [0.3, 0.4) is 0 Å². The zero-order valence-electron chi connectivity index (χ0n) is 19.6. The van der Waals surface area contributed by atoms with E-state index in [1.54, 1.807) is 48.7 Å². The summed E-state index contributed by atoms with van der Waals surface area (Å²) >= 11 is 1.56. The van der Waals surface area contributed by atoms with Crippen LogP contribution < -0.4 is 14.4 Å². The third-order valence-electron chi connectivity index (χ3n) is 5.42. The number of likely N-dealkylation sites (N-methyl/N-ethyl adjacent to an activating group) is 1. The fourth-order valence-electron chi connectivity index (χ4n) is 3.63. The molecule has 0 saturated carbocycles. The third kappa shape index (κ3) is 5.71. The maximum Gasteiger partial charge on any atom is 0.260 e. The number of nitrogens with zero attached hydrogens (tertiary/aromatic N) is 3. The number of aromatic nitrogens is 1. The van der Waals surface area contributed by atoms with Crippen molar-refractivity contribution in [1.82, 2.24) is 9.88 Å². The molecule has 0 aliphatic heterocycles. The number of rotatable bonds is 9. The van der Waals surface area contributed by atoms with Gasteiger partial charge in [0.25, 0.3) is 5.91 Å². The minimum Gasteiger partial charge on any atom is -0.497 e. The van der Waals surface area contributed by atoms with E-state index in [1.165, 1.54) is 11.1 Å². The maximum absolute atomic E-state index is 13.7. The average Bonchev–Trinajstić information content (AvgIpc) is 3.20. The number of anilines is 1. The van der Waals surface area contributed by atoms with Gasteiger partial charge in [-0.05, 0) is 56.3 Å². The predicted octanol–water partition coefficient (Wildman–Crippen LogP) is 5.34. The smallest absolute Gasteiger partial charge is 0.260 e. The summed E-state index contributed by atoms with van der Waals surface area (Å²) in [6, 6.07) is 9.49. The van der Waals surface area contributed by atoms with Crippen molar-refractivity contribution in [3.05, 3.63) is 47.0 Å². The molecular weight excluding hydrogens is 446 g/mol. The number of hydrogen-bond acceptors (Lipinski definition) is 6. The van der Waals surface area contributed by atoms with E-state index >= 15 is 0 Å². The summed E-state index contributed by atoms with van der Waals surface area (Å²) in [6.45, 7) is 11.6. The molecule has 0 saturated heterocycles. The molecule has 1 heterocycles. The molecule has 1 aromatic heterocycles. The molecule has 0 unspecified atom stereocenters. The highest BCUT2D eigenvalue weighted by molar-refractivity contribution is 7.22. The van der Waals surface area contributed by atoms with Crippen LogP contribution in [0.2, 0.25) is 0 Å². The molecule has 8 heteroatoms. The highest BCUT2D eigenvalue weighted by Gasteiger charge is 2.23. The van der Waals surface area contributed by atoms with E-state index in [2.05, 4.69) is 44.7 Å². The molecule has 0 aliphatic rings. The van der Waals surface area contributed by atoms with Crippen LogP contribution in [0.1, 0.15) is 35.3 Å². The molecule has 1 amide bonds. The molecule has 0 aliphatic carbocycles. The zero-order valence-corrected chi connectivity index (χ0v) is 21.2. The van der Waals surface area contributed by atoms with Crippen molar-refractivity contribution in [1.29, 1.82) is 0 Å². The van der Waals surface area contributed by atoms with Crippen LogP contribution in [0.5, 0.6) is 11.5 Å². The lowest BCUT2D eigenvalue weighted by Crippen LogP contribution is -2.38. The standard InChI is InChI=1S/C24H31N3O3S.ClH/c1-7-26(8-2)9-10-27(23(28)18-13-19(29-5)15-20(14-18)30-6)24-25-21-12-16(3)11-17(4)22(21)31-24;/h11-15H,7-10H2,1-6H3;1H. The predicted molar refractivity (Wildman–Crippen MR) is 135 cm³/mol. The Morgan fingerprint density at radius 1 is 0.969 bits per heavy atom. The molecule has 6 nitrogen and oxygen atoms in total. The lowest BCUT2D eigenvalue weighted by molar-refractivity contribution is 0.0983. The summed E-state index contributed by atoms with van der Waals surface area (Å²) in [4.78, 5) is 22.6. The second-order valence-corrected chi connectivity index (χ2v) is 8.49. The Kier molecular flexibility index (Phi) is 9.31. The summed E-state index contributed by atoms with van der Waals surface area (Å²) in [7, 11) is 3.17. The molecule has 2 aromatic carbocycles. The first-order chi connectivity index (χ1) is 14.9. The summed E-state index contributed by atoms with van der Waals surface area (Å²) < 4.78 is 11.9. The average molecular weight is 478 g/mol. The Labute approximate surface area is 200 Å². The van der Waals surface area contributed by atoms with Crippen LogP contribution in [0.15, 0.2) is 30.3 Å². The normalized spacial score (nSPS) is 10.8. The number of methoxy groups -OCH3 is 2. The van der Waals surface area contributed by atoms with Crippen LogP contribution in [-0.4, -0.2) is 56.2 Å². The molecule has 0 atom stereocenters. The number of carbonyl (C=O) groups is 1. The number of carbonyl (C=O) groups excluding carboxylic acids is 1. The lowest BCUT2D eigenvalue weighted by atomic mass is 10.1. The molecule has 3 aromatic rings. The van der Waals surface area contributed by atoms with Crippen molar-refractivity contribution in [3.8, 4) is 11.5 Å². The first-order valence-corrected chi connectivity index (χ1v) is 11.4. The van der Waals surface area contributed by atoms with Gasteiger partial charge in [-0.15, -0.1) is 12.4 Å². The van der Waals surface area contributed by atoms with Gasteiger partial charge < -0.3 is 14.4 Å². The third-order valence-corrected chi connectivity index (χ3v) is 6.65. The van der Waals surface area contributed by atoms with Crippen molar-refractivity contribution in [2.75, 3.05) is 45.3 Å². The molecule has 0 N–H and O–H groups in total. The lowest BCUT2D eigenvalue weighted by Gasteiger charge is -2.25. The molecule has 0 spiro atoms. The Balaban J connectivity index is 0.00000363. The van der Waals surface area contributed by atoms with E-state index in [0.29, 0.717) is 28.7 Å². The molecule has 0 bridgehead atoms. The number of fused-ring (bicyclic) bond motifs is 1. The van der Waals surface area contributed by atoms with Gasteiger partial charge in [0, 0.05) is 24.7 Å². The highest BCUT2D eigenvalue weighted by Crippen LogP contribution is 2.33. The van der Waals surface area contributed by atoms with Crippen molar-refractivity contribution >= 4 is 45.0 Å². The number of hydrogen-bond donors (Lipinski definition) is 0. The first kappa shape index (κ1) is 25.9. The van der Waals surface area contributed by atoms with Crippen molar-refractivity contribution in [2.24, 2.45) is 0 Å². The second-order valence-electron chi connectivity index (χ2n) is 7.51. The Bertz CT molecular complexity index is 1040.